The van der Waals surface area contributed by atoms with E-state index in [1.165, 1.54) is 0 Å². The molecule has 3 rings (SSSR count). The van der Waals surface area contributed by atoms with Gasteiger partial charge in [0.05, 0.1) is 17.0 Å². The summed E-state index contributed by atoms with van der Waals surface area (Å²) in [5.41, 5.74) is 6.69. The number of hydrogen-bond donors (Lipinski definition) is 1. The van der Waals surface area contributed by atoms with E-state index < -0.39 is 0 Å². The number of nitrogens with zero attached hydrogens (tertiary/aromatic N) is 3. The van der Waals surface area contributed by atoms with Crippen LogP contribution in [-0.2, 0) is 11.9 Å². The van der Waals surface area contributed by atoms with Crippen LogP contribution in [0.2, 0.25) is 0 Å². The molecule has 0 aliphatic heterocycles. The van der Waals surface area contributed by atoms with E-state index in [4.69, 9.17) is 4.84 Å². The van der Waals surface area contributed by atoms with Crippen molar-refractivity contribution < 1.29 is 9.63 Å². The van der Waals surface area contributed by atoms with Crippen LogP contribution in [0.5, 0.6) is 0 Å². The van der Waals surface area contributed by atoms with Gasteiger partial charge in [0.1, 0.15) is 6.61 Å². The maximum atomic E-state index is 12.9. The van der Waals surface area contributed by atoms with Crippen LogP contribution in [0, 0.1) is 13.8 Å². The third-order valence-electron chi connectivity index (χ3n) is 4.86. The van der Waals surface area contributed by atoms with Gasteiger partial charge in [-0.3, -0.25) is 9.48 Å². The molecule has 0 saturated carbocycles. The summed E-state index contributed by atoms with van der Waals surface area (Å²) in [4.78, 5) is 18.0. The van der Waals surface area contributed by atoms with E-state index in [1.54, 1.807) is 4.68 Å². The first-order valence-electron chi connectivity index (χ1n) is 9.60. The van der Waals surface area contributed by atoms with E-state index in [-0.39, 0.29) is 5.91 Å². The highest BCUT2D eigenvalue weighted by Crippen LogP contribution is 2.29. The third-order valence-corrected chi connectivity index (χ3v) is 4.86. The van der Waals surface area contributed by atoms with Gasteiger partial charge in [-0.05, 0) is 44.9 Å². The van der Waals surface area contributed by atoms with Crippen molar-refractivity contribution in [1.29, 1.82) is 0 Å². The minimum atomic E-state index is -0.156. The Balaban J connectivity index is 1.88. The lowest BCUT2D eigenvalue weighted by atomic mass is 10.0. The molecule has 3 aromatic rings. The van der Waals surface area contributed by atoms with Crippen molar-refractivity contribution in [3.63, 3.8) is 0 Å². The van der Waals surface area contributed by atoms with E-state index in [0.29, 0.717) is 17.9 Å². The molecule has 0 saturated heterocycles. The van der Waals surface area contributed by atoms with Crippen molar-refractivity contribution >= 4 is 17.3 Å². The van der Waals surface area contributed by atoms with Gasteiger partial charge in [0.15, 0.2) is 0 Å². The molecular formula is C23H26N4O2. The summed E-state index contributed by atoms with van der Waals surface area (Å²) in [7, 11) is 1.84. The topological polar surface area (TPSA) is 68.5 Å². The number of nitrogens with one attached hydrogen (secondary N) is 1. The summed E-state index contributed by atoms with van der Waals surface area (Å²) in [5.74, 6) is -0.156. The van der Waals surface area contributed by atoms with Crippen LogP contribution in [0.25, 0.3) is 11.1 Å². The van der Waals surface area contributed by atoms with E-state index in [9.17, 15) is 4.79 Å². The zero-order valence-corrected chi connectivity index (χ0v) is 17.5. The Bertz CT molecular complexity index is 1050. The van der Waals surface area contributed by atoms with Gasteiger partial charge >= 0.3 is 0 Å². The lowest BCUT2D eigenvalue weighted by molar-refractivity contribution is 0.102. The van der Waals surface area contributed by atoms with Crippen molar-refractivity contribution in [1.82, 2.24) is 9.78 Å². The van der Waals surface area contributed by atoms with Crippen LogP contribution in [-0.4, -0.2) is 28.0 Å². The molecule has 1 amide bonds. The summed E-state index contributed by atoms with van der Waals surface area (Å²) in [6.07, 6.45) is 0. The molecule has 0 aliphatic carbocycles. The largest absolute Gasteiger partial charge is 0.396 e. The monoisotopic (exact) mass is 390 g/mol. The molecule has 1 aromatic heterocycles. The summed E-state index contributed by atoms with van der Waals surface area (Å²) in [5, 5.41) is 11.5. The molecule has 6 heteroatoms. The van der Waals surface area contributed by atoms with Gasteiger partial charge in [-0.2, -0.15) is 5.10 Å². The number of para-hydroxylation sites is 1. The van der Waals surface area contributed by atoms with Gasteiger partial charge in [0.25, 0.3) is 5.91 Å². The molecule has 0 radical (unpaired) electrons. The smallest absolute Gasteiger partial charge is 0.259 e. The van der Waals surface area contributed by atoms with Gasteiger partial charge < -0.3 is 10.2 Å². The summed E-state index contributed by atoms with van der Waals surface area (Å²) in [6.45, 7) is 8.10. The average molecular weight is 390 g/mol. The number of rotatable bonds is 6. The van der Waals surface area contributed by atoms with E-state index in [1.807, 2.05) is 83.3 Å². The highest BCUT2D eigenvalue weighted by Gasteiger charge is 2.18. The number of hydrogen-bond acceptors (Lipinski definition) is 4. The van der Waals surface area contributed by atoms with Gasteiger partial charge in [0, 0.05) is 24.0 Å². The lowest BCUT2D eigenvalue weighted by Crippen LogP contribution is -2.14. The Labute approximate surface area is 171 Å². The predicted molar refractivity (Wildman–Crippen MR) is 116 cm³/mol. The van der Waals surface area contributed by atoms with Crippen LogP contribution in [0.1, 0.15) is 41.2 Å². The number of benzene rings is 2. The second-order valence-electron chi connectivity index (χ2n) is 6.84. The number of aryl methyl sites for hydroxylation is 2. The first kappa shape index (κ1) is 20.3. The fourth-order valence-corrected chi connectivity index (χ4v) is 3.24. The fraction of sp³-hybridized carbons (Fsp3) is 0.261. The molecule has 0 aliphatic rings. The number of oxime groups is 1. The molecule has 0 bridgehead atoms. The Morgan fingerprint density at radius 2 is 1.83 bits per heavy atom. The second kappa shape index (κ2) is 8.73. The highest BCUT2D eigenvalue weighted by atomic mass is 16.6. The number of aromatic nitrogens is 2. The normalized spacial score (nSPS) is 11.4. The van der Waals surface area contributed by atoms with Crippen LogP contribution in [0.4, 0.5) is 5.69 Å². The highest BCUT2D eigenvalue weighted by molar-refractivity contribution is 6.07. The van der Waals surface area contributed by atoms with Gasteiger partial charge in [-0.1, -0.05) is 47.6 Å². The quantitative estimate of drug-likeness (QED) is 0.489. The number of amides is 1. The molecule has 0 atom stereocenters. The van der Waals surface area contributed by atoms with Crippen molar-refractivity contribution in [3.8, 4) is 11.1 Å². The standard InChI is InChI=1S/C23H26N4O2/c1-6-29-26-15(2)18-11-13-19(14-12-18)20-9-7-8-10-21(20)24-23(28)22-16(3)25-27(5)17(22)4/h7-14H,6H2,1-5H3,(H,24,28)/b26-15+. The molecule has 0 fully saturated rings. The van der Waals surface area contributed by atoms with E-state index in [2.05, 4.69) is 15.6 Å². The minimum absolute atomic E-state index is 0.156. The van der Waals surface area contributed by atoms with Crippen molar-refractivity contribution in [2.75, 3.05) is 11.9 Å². The molecule has 1 heterocycles. The maximum absolute atomic E-state index is 12.9. The SMILES string of the molecule is CCO/N=C(\C)c1ccc(-c2ccccc2NC(=O)c2c(C)nn(C)c2C)cc1. The van der Waals surface area contributed by atoms with Crippen LogP contribution in [0.3, 0.4) is 0 Å². The summed E-state index contributed by atoms with van der Waals surface area (Å²) >= 11 is 0. The molecule has 150 valence electrons. The van der Waals surface area contributed by atoms with Crippen molar-refractivity contribution in [2.24, 2.45) is 12.2 Å². The van der Waals surface area contributed by atoms with Gasteiger partial charge in [-0.25, -0.2) is 0 Å². The molecular weight excluding hydrogens is 364 g/mol. The first-order chi connectivity index (χ1) is 13.9. The molecule has 0 spiro atoms. The summed E-state index contributed by atoms with van der Waals surface area (Å²) in [6, 6.07) is 15.8. The zero-order valence-electron chi connectivity index (χ0n) is 17.5. The third kappa shape index (κ3) is 4.37. The molecule has 2 aromatic carbocycles. The average Bonchev–Trinajstić information content (AvgIpc) is 2.98. The van der Waals surface area contributed by atoms with Crippen LogP contribution in [0.15, 0.2) is 53.7 Å². The van der Waals surface area contributed by atoms with Crippen molar-refractivity contribution in [2.45, 2.75) is 27.7 Å². The number of carbonyl (C=O) groups is 1. The molecule has 0 unspecified atom stereocenters. The Kier molecular flexibility index (Phi) is 6.12. The molecule has 29 heavy (non-hydrogen) atoms. The second-order valence-corrected chi connectivity index (χ2v) is 6.84. The number of carbonyl (C=O) groups excluding carboxylic acids is 1. The number of anilines is 1. The lowest BCUT2D eigenvalue weighted by Gasteiger charge is -2.12. The van der Waals surface area contributed by atoms with E-state index >= 15 is 0 Å². The maximum Gasteiger partial charge on any atom is 0.259 e. The molecule has 6 nitrogen and oxygen atoms in total. The predicted octanol–water partition coefficient (Wildman–Crippen LogP) is 4.72. The van der Waals surface area contributed by atoms with Crippen molar-refractivity contribution in [3.05, 3.63) is 71.0 Å². The fourth-order valence-electron chi connectivity index (χ4n) is 3.24. The Morgan fingerprint density at radius 1 is 1.14 bits per heavy atom. The minimum Gasteiger partial charge on any atom is -0.396 e. The van der Waals surface area contributed by atoms with Crippen LogP contribution < -0.4 is 5.32 Å². The van der Waals surface area contributed by atoms with Gasteiger partial charge in [0.2, 0.25) is 0 Å². The Hall–Kier alpha value is -3.41. The Morgan fingerprint density at radius 3 is 2.45 bits per heavy atom. The molecule has 1 N–H and O–H groups in total. The first-order valence-corrected chi connectivity index (χ1v) is 9.60. The van der Waals surface area contributed by atoms with Gasteiger partial charge in [-0.15, -0.1) is 0 Å². The summed E-state index contributed by atoms with van der Waals surface area (Å²) < 4.78 is 1.72. The van der Waals surface area contributed by atoms with Crippen LogP contribution >= 0.6 is 0 Å². The van der Waals surface area contributed by atoms with E-state index in [0.717, 1.165) is 33.8 Å². The zero-order chi connectivity index (χ0) is 21.0.